The molecule has 4 heteroatoms. The van der Waals surface area contributed by atoms with E-state index in [-0.39, 0.29) is 30.9 Å². The number of benzene rings is 1. The number of aliphatic hydroxyl groups is 1. The van der Waals surface area contributed by atoms with Gasteiger partial charge >= 0.3 is 0 Å². The summed E-state index contributed by atoms with van der Waals surface area (Å²) in [5.74, 6) is 0.211. The van der Waals surface area contributed by atoms with Crippen LogP contribution in [0, 0.1) is 17.2 Å². The lowest BCUT2D eigenvalue weighted by Crippen LogP contribution is -2.40. The molecule has 0 aliphatic heterocycles. The van der Waals surface area contributed by atoms with E-state index in [0.29, 0.717) is 12.8 Å². The second kappa shape index (κ2) is 8.34. The van der Waals surface area contributed by atoms with Gasteiger partial charge in [-0.3, -0.25) is 4.79 Å². The lowest BCUT2D eigenvalue weighted by Gasteiger charge is -2.21. The highest BCUT2D eigenvalue weighted by Gasteiger charge is 2.16. The van der Waals surface area contributed by atoms with Crippen molar-refractivity contribution in [3.63, 3.8) is 0 Å². The predicted molar refractivity (Wildman–Crippen MR) is 77.9 cm³/mol. The summed E-state index contributed by atoms with van der Waals surface area (Å²) < 4.78 is 0. The van der Waals surface area contributed by atoms with Gasteiger partial charge < -0.3 is 10.4 Å². The predicted octanol–water partition coefficient (Wildman–Crippen LogP) is 1.82. The van der Waals surface area contributed by atoms with Gasteiger partial charge in [0, 0.05) is 12.6 Å². The van der Waals surface area contributed by atoms with Gasteiger partial charge in [0.2, 0.25) is 5.91 Å². The van der Waals surface area contributed by atoms with Crippen molar-refractivity contribution < 1.29 is 9.90 Å². The van der Waals surface area contributed by atoms with Crippen LogP contribution in [0.15, 0.2) is 24.3 Å². The summed E-state index contributed by atoms with van der Waals surface area (Å²) in [5, 5.41) is 20.8. The zero-order valence-corrected chi connectivity index (χ0v) is 12.1. The summed E-state index contributed by atoms with van der Waals surface area (Å²) in [6.07, 6.45) is 1.14. The smallest absolute Gasteiger partial charge is 0.224 e. The van der Waals surface area contributed by atoms with Crippen LogP contribution < -0.4 is 5.32 Å². The van der Waals surface area contributed by atoms with Crippen molar-refractivity contribution in [3.8, 4) is 6.07 Å². The lowest BCUT2D eigenvalue weighted by atomic mass is 9.99. The van der Waals surface area contributed by atoms with E-state index in [2.05, 4.69) is 11.4 Å². The highest BCUT2D eigenvalue weighted by Crippen LogP contribution is 2.11. The molecule has 1 rings (SSSR count). The molecule has 0 bridgehead atoms. The Hall–Kier alpha value is -1.86. The number of amides is 1. The van der Waals surface area contributed by atoms with Gasteiger partial charge in [0.05, 0.1) is 18.9 Å². The number of carbonyl (C=O) groups excluding carboxylic acids is 1. The molecule has 108 valence electrons. The molecule has 0 radical (unpaired) electrons. The number of nitrogens with one attached hydrogen (secondary N) is 1. The Morgan fingerprint density at radius 1 is 1.35 bits per heavy atom. The lowest BCUT2D eigenvalue weighted by molar-refractivity contribution is -0.121. The maximum atomic E-state index is 12.1. The van der Waals surface area contributed by atoms with Crippen molar-refractivity contribution in [2.45, 2.75) is 39.2 Å². The van der Waals surface area contributed by atoms with Crippen molar-refractivity contribution in [3.05, 3.63) is 35.4 Å². The van der Waals surface area contributed by atoms with Gasteiger partial charge in [-0.05, 0) is 23.5 Å². The van der Waals surface area contributed by atoms with Crippen LogP contribution in [0.4, 0.5) is 0 Å². The minimum atomic E-state index is -0.0671. The number of carbonyl (C=O) groups is 1. The fraction of sp³-hybridized carbons (Fsp3) is 0.500. The van der Waals surface area contributed by atoms with Gasteiger partial charge in [0.1, 0.15) is 0 Å². The van der Waals surface area contributed by atoms with E-state index >= 15 is 0 Å². The molecular formula is C16H22N2O2. The molecule has 0 saturated heterocycles. The number of hydrogen-bond acceptors (Lipinski definition) is 3. The van der Waals surface area contributed by atoms with Gasteiger partial charge in [-0.25, -0.2) is 0 Å². The Morgan fingerprint density at radius 3 is 2.55 bits per heavy atom. The zero-order chi connectivity index (χ0) is 15.0. The third kappa shape index (κ3) is 5.02. The third-order valence-corrected chi connectivity index (χ3v) is 3.33. The van der Waals surface area contributed by atoms with Crippen LogP contribution in [0.5, 0.6) is 0 Å². The van der Waals surface area contributed by atoms with Crippen molar-refractivity contribution >= 4 is 5.91 Å². The highest BCUT2D eigenvalue weighted by molar-refractivity contribution is 5.79. The van der Waals surface area contributed by atoms with Crippen LogP contribution in [0.25, 0.3) is 0 Å². The molecule has 1 unspecified atom stereocenters. The molecule has 20 heavy (non-hydrogen) atoms. The molecular weight excluding hydrogens is 252 g/mol. The normalized spacial score (nSPS) is 11.9. The summed E-state index contributed by atoms with van der Waals surface area (Å²) in [5.41, 5.74) is 1.78. The molecule has 0 aliphatic carbocycles. The van der Waals surface area contributed by atoms with Gasteiger partial charge in [0.15, 0.2) is 0 Å². The van der Waals surface area contributed by atoms with E-state index in [1.165, 1.54) is 0 Å². The molecule has 4 nitrogen and oxygen atoms in total. The summed E-state index contributed by atoms with van der Waals surface area (Å²) in [7, 11) is 0. The topological polar surface area (TPSA) is 73.1 Å². The SMILES string of the molecule is CC(C)C(CCO)NC(=O)Cc1ccccc1CC#N. The van der Waals surface area contributed by atoms with E-state index in [0.717, 1.165) is 11.1 Å². The summed E-state index contributed by atoms with van der Waals surface area (Å²) >= 11 is 0. The Bertz CT molecular complexity index is 478. The average Bonchev–Trinajstić information content (AvgIpc) is 2.40. The zero-order valence-electron chi connectivity index (χ0n) is 12.1. The number of nitriles is 1. The largest absolute Gasteiger partial charge is 0.396 e. The molecule has 1 aromatic carbocycles. The average molecular weight is 274 g/mol. The summed E-state index contributed by atoms with van der Waals surface area (Å²) in [4.78, 5) is 12.1. The van der Waals surface area contributed by atoms with Gasteiger partial charge in [-0.15, -0.1) is 0 Å². The molecule has 0 heterocycles. The molecule has 0 aliphatic rings. The van der Waals surface area contributed by atoms with E-state index in [9.17, 15) is 4.79 Å². The molecule has 1 aromatic rings. The van der Waals surface area contributed by atoms with E-state index in [1.807, 2.05) is 38.1 Å². The molecule has 1 amide bonds. The molecule has 1 atom stereocenters. The fourth-order valence-electron chi connectivity index (χ4n) is 2.13. The quantitative estimate of drug-likeness (QED) is 0.796. The second-order valence-corrected chi connectivity index (χ2v) is 5.21. The number of nitrogens with zero attached hydrogens (tertiary/aromatic N) is 1. The van der Waals surface area contributed by atoms with Crippen LogP contribution >= 0.6 is 0 Å². The minimum Gasteiger partial charge on any atom is -0.396 e. The maximum absolute atomic E-state index is 12.1. The van der Waals surface area contributed by atoms with Gasteiger partial charge in [-0.2, -0.15) is 5.26 Å². The van der Waals surface area contributed by atoms with Crippen molar-refractivity contribution in [1.82, 2.24) is 5.32 Å². The van der Waals surface area contributed by atoms with Gasteiger partial charge in [0.25, 0.3) is 0 Å². The van der Waals surface area contributed by atoms with Crippen LogP contribution in [0.1, 0.15) is 31.4 Å². The third-order valence-electron chi connectivity index (χ3n) is 3.33. The monoisotopic (exact) mass is 274 g/mol. The molecule has 0 fully saturated rings. The first-order chi connectivity index (χ1) is 9.58. The molecule has 0 saturated carbocycles. The van der Waals surface area contributed by atoms with E-state index < -0.39 is 0 Å². The van der Waals surface area contributed by atoms with Crippen LogP contribution in [-0.4, -0.2) is 23.7 Å². The summed E-state index contributed by atoms with van der Waals surface area (Å²) in [6, 6.07) is 9.59. The molecule has 0 spiro atoms. The Labute approximate surface area is 120 Å². The van der Waals surface area contributed by atoms with E-state index in [4.69, 9.17) is 10.4 Å². The number of rotatable bonds is 7. The van der Waals surface area contributed by atoms with Crippen LogP contribution in [0.2, 0.25) is 0 Å². The van der Waals surface area contributed by atoms with Crippen molar-refractivity contribution in [2.24, 2.45) is 5.92 Å². The first-order valence-electron chi connectivity index (χ1n) is 6.92. The fourth-order valence-corrected chi connectivity index (χ4v) is 2.13. The molecule has 2 N–H and O–H groups in total. The van der Waals surface area contributed by atoms with E-state index in [1.54, 1.807) is 0 Å². The van der Waals surface area contributed by atoms with Crippen molar-refractivity contribution in [2.75, 3.05) is 6.61 Å². The first kappa shape index (κ1) is 16.2. The highest BCUT2D eigenvalue weighted by atomic mass is 16.3. The number of hydrogen-bond donors (Lipinski definition) is 2. The standard InChI is InChI=1S/C16H22N2O2/c1-12(2)15(8-10-19)18-16(20)11-14-6-4-3-5-13(14)7-9-17/h3-6,12,15,19H,7-8,10-11H2,1-2H3,(H,18,20). The van der Waals surface area contributed by atoms with Crippen LogP contribution in [0.3, 0.4) is 0 Å². The summed E-state index contributed by atoms with van der Waals surface area (Å²) in [6.45, 7) is 4.10. The first-order valence-corrected chi connectivity index (χ1v) is 6.92. The Kier molecular flexibility index (Phi) is 6.75. The second-order valence-electron chi connectivity index (χ2n) is 5.21. The van der Waals surface area contributed by atoms with Crippen LogP contribution in [-0.2, 0) is 17.6 Å². The molecule has 0 aromatic heterocycles. The van der Waals surface area contributed by atoms with Gasteiger partial charge in [-0.1, -0.05) is 38.1 Å². The minimum absolute atomic E-state index is 0.0179. The van der Waals surface area contributed by atoms with Crippen molar-refractivity contribution in [1.29, 1.82) is 5.26 Å². The maximum Gasteiger partial charge on any atom is 0.224 e. The number of aliphatic hydroxyl groups excluding tert-OH is 1. The Balaban J connectivity index is 2.68. The Morgan fingerprint density at radius 2 is 2.00 bits per heavy atom.